The first kappa shape index (κ1) is 40.9. The summed E-state index contributed by atoms with van der Waals surface area (Å²) in [5.41, 5.74) is 12.7. The zero-order chi connectivity index (χ0) is 41.0. The van der Waals surface area contributed by atoms with Crippen molar-refractivity contribution >= 4 is 0 Å². The highest BCUT2D eigenvalue weighted by Crippen LogP contribution is 2.43. The minimum absolute atomic E-state index is 0.132. The van der Waals surface area contributed by atoms with Crippen molar-refractivity contribution in [2.75, 3.05) is 7.11 Å². The lowest BCUT2D eigenvalue weighted by Crippen LogP contribution is -2.16. The maximum atomic E-state index is 12.3. The van der Waals surface area contributed by atoms with Gasteiger partial charge in [0.25, 0.3) is 0 Å². The van der Waals surface area contributed by atoms with Crippen LogP contribution in [0.25, 0.3) is 0 Å². The highest BCUT2D eigenvalue weighted by molar-refractivity contribution is 5.59. The Balaban J connectivity index is 1.72. The van der Waals surface area contributed by atoms with Crippen LogP contribution in [-0.4, -0.2) is 17.3 Å². The van der Waals surface area contributed by atoms with Gasteiger partial charge in [-0.3, -0.25) is 0 Å². The summed E-state index contributed by atoms with van der Waals surface area (Å²) < 4.78 is 13.3. The van der Waals surface area contributed by atoms with Crippen LogP contribution in [0, 0.1) is 0 Å². The van der Waals surface area contributed by atoms with Crippen molar-refractivity contribution in [2.24, 2.45) is 0 Å². The Morgan fingerprint density at radius 1 is 0.429 bits per heavy atom. The quantitative estimate of drug-likeness (QED) is 0.188. The van der Waals surface area contributed by atoms with E-state index in [0.717, 1.165) is 72.7 Å². The molecule has 8 bridgehead atoms. The zero-order valence-electron chi connectivity index (χ0n) is 36.3. The maximum absolute atomic E-state index is 12.3. The molecule has 56 heavy (non-hydrogen) atoms. The van der Waals surface area contributed by atoms with Crippen molar-refractivity contribution in [1.82, 2.24) is 0 Å². The third kappa shape index (κ3) is 8.80. The Kier molecular flexibility index (Phi) is 11.0. The summed E-state index contributed by atoms with van der Waals surface area (Å²) in [5, 5.41) is 24.5. The van der Waals surface area contributed by atoms with Crippen molar-refractivity contribution in [3.8, 4) is 23.0 Å². The van der Waals surface area contributed by atoms with Gasteiger partial charge in [-0.25, -0.2) is 0 Å². The van der Waals surface area contributed by atoms with E-state index in [2.05, 4.69) is 144 Å². The van der Waals surface area contributed by atoms with Gasteiger partial charge in [-0.2, -0.15) is 0 Å². The molecule has 0 aliphatic heterocycles. The first-order valence-corrected chi connectivity index (χ1v) is 20.3. The zero-order valence-corrected chi connectivity index (χ0v) is 36.3. The fourth-order valence-electron chi connectivity index (χ4n) is 7.82. The molecule has 4 nitrogen and oxygen atoms in total. The van der Waals surface area contributed by atoms with Gasteiger partial charge in [0.05, 0.1) is 7.11 Å². The summed E-state index contributed by atoms with van der Waals surface area (Å²) in [6.45, 7) is 27.2. The molecule has 2 N–H and O–H groups in total. The lowest BCUT2D eigenvalue weighted by Gasteiger charge is -2.28. The lowest BCUT2D eigenvalue weighted by atomic mass is 9.79. The van der Waals surface area contributed by atoms with Crippen LogP contribution in [0.15, 0.2) is 78.9 Å². The number of methoxy groups -OCH3 is 1. The number of fused-ring (bicyclic) bond motifs is 8. The van der Waals surface area contributed by atoms with E-state index in [-0.39, 0.29) is 33.2 Å². The first-order valence-electron chi connectivity index (χ1n) is 20.3. The predicted molar refractivity (Wildman–Crippen MR) is 232 cm³/mol. The third-order valence-corrected chi connectivity index (χ3v) is 11.4. The summed E-state index contributed by atoms with van der Waals surface area (Å²) in [5.74, 6) is 2.22. The van der Waals surface area contributed by atoms with Crippen LogP contribution in [0.3, 0.4) is 0 Å². The van der Waals surface area contributed by atoms with Crippen LogP contribution in [0.5, 0.6) is 23.0 Å². The van der Waals surface area contributed by atoms with Crippen LogP contribution >= 0.6 is 0 Å². The van der Waals surface area contributed by atoms with Crippen LogP contribution in [-0.2, 0) is 54.0 Å². The number of aromatic hydroxyl groups is 2. The van der Waals surface area contributed by atoms with Crippen LogP contribution in [0.1, 0.15) is 155 Å². The van der Waals surface area contributed by atoms with E-state index in [0.29, 0.717) is 32.3 Å². The van der Waals surface area contributed by atoms with Crippen LogP contribution < -0.4 is 9.47 Å². The van der Waals surface area contributed by atoms with Gasteiger partial charge < -0.3 is 19.7 Å². The van der Waals surface area contributed by atoms with Crippen molar-refractivity contribution in [3.63, 3.8) is 0 Å². The van der Waals surface area contributed by atoms with Crippen molar-refractivity contribution in [1.29, 1.82) is 0 Å². The Morgan fingerprint density at radius 3 is 1.04 bits per heavy atom. The smallest absolute Gasteiger partial charge is 0.126 e. The van der Waals surface area contributed by atoms with Gasteiger partial charge in [-0.1, -0.05) is 162 Å². The van der Waals surface area contributed by atoms with Gasteiger partial charge in [0.1, 0.15) is 29.6 Å². The number of ether oxygens (including phenoxy) is 2. The molecule has 4 heteroatoms. The summed E-state index contributed by atoms with van der Waals surface area (Å²) in [6.07, 6.45) is 1.94. The molecule has 0 radical (unpaired) electrons. The average molecular weight is 753 g/mol. The molecule has 296 valence electrons. The molecular formula is C52H64O4. The normalized spacial score (nSPS) is 13.7. The van der Waals surface area contributed by atoms with E-state index >= 15 is 0 Å². The summed E-state index contributed by atoms with van der Waals surface area (Å²) in [6, 6.07) is 28.1. The minimum atomic E-state index is -0.173. The minimum Gasteiger partial charge on any atom is -0.507 e. The Bertz CT molecular complexity index is 2230. The monoisotopic (exact) mass is 752 g/mol. The molecule has 0 heterocycles. The number of benzene rings is 5. The average Bonchev–Trinajstić information content (AvgIpc) is 3.09. The second-order valence-electron chi connectivity index (χ2n) is 20.2. The van der Waals surface area contributed by atoms with Gasteiger partial charge >= 0.3 is 0 Å². The molecule has 0 aromatic heterocycles. The predicted octanol–water partition coefficient (Wildman–Crippen LogP) is 12.6. The fraction of sp³-hybridized carbons (Fsp3) is 0.423. The summed E-state index contributed by atoms with van der Waals surface area (Å²) >= 11 is 0. The molecule has 0 amide bonds. The van der Waals surface area contributed by atoms with Crippen LogP contribution in [0.4, 0.5) is 0 Å². The van der Waals surface area contributed by atoms with E-state index < -0.39 is 0 Å². The number of phenols is 2. The molecule has 0 atom stereocenters. The largest absolute Gasteiger partial charge is 0.507 e. The molecule has 1 aliphatic carbocycles. The second-order valence-corrected chi connectivity index (χ2v) is 20.2. The van der Waals surface area contributed by atoms with E-state index in [1.807, 2.05) is 18.2 Å². The molecule has 0 unspecified atom stereocenters. The molecular weight excluding hydrogens is 689 g/mol. The van der Waals surface area contributed by atoms with Gasteiger partial charge in [-0.15, -0.1) is 0 Å². The lowest BCUT2D eigenvalue weighted by molar-refractivity contribution is 0.300. The molecule has 0 saturated heterocycles. The SMILES string of the molecule is COc1c2cc(C(C)(C)C)cc1Cc1cc(C(C)(C)C)cc(c1OCc1ccccc1)Cc1cc(C(C)(C)C)cc(c1O)Cc1cc(C(C)(C)C)cc(c1O)C2. The third-order valence-electron chi connectivity index (χ3n) is 11.4. The molecule has 0 saturated carbocycles. The number of hydrogen-bond donors (Lipinski definition) is 2. The Labute approximate surface area is 336 Å². The molecule has 6 rings (SSSR count). The molecule has 1 aliphatic rings. The topological polar surface area (TPSA) is 58.9 Å². The summed E-state index contributed by atoms with van der Waals surface area (Å²) in [4.78, 5) is 0. The maximum Gasteiger partial charge on any atom is 0.126 e. The van der Waals surface area contributed by atoms with Gasteiger partial charge in [0, 0.05) is 25.7 Å². The standard InChI is InChI=1S/C52H64O4/c1-49(2,3)41-23-33-19-34-24-42(50(4,5)6)26-36(46(34)54)21-39-29-44(52(10,11)12)30-40(48(39)56-31-32-17-15-14-16-18-32)22-38-28-43(51(7,8)9)27-37(47(38)55-13)20-35(25-41)45(33)53/h14-18,23-30,53-54H,19-22,31H2,1-13H3. The van der Waals surface area contributed by atoms with E-state index in [9.17, 15) is 10.2 Å². The molecule has 5 aromatic rings. The van der Waals surface area contributed by atoms with E-state index in [4.69, 9.17) is 9.47 Å². The highest BCUT2D eigenvalue weighted by atomic mass is 16.5. The second kappa shape index (κ2) is 15.0. The molecule has 0 spiro atoms. The molecule has 0 fully saturated rings. The number of rotatable bonds is 4. The van der Waals surface area contributed by atoms with E-state index in [1.54, 1.807) is 7.11 Å². The molecule has 5 aromatic carbocycles. The van der Waals surface area contributed by atoms with Crippen molar-refractivity contribution < 1.29 is 19.7 Å². The van der Waals surface area contributed by atoms with E-state index in [1.165, 1.54) is 11.1 Å². The fourth-order valence-corrected chi connectivity index (χ4v) is 7.82. The Morgan fingerprint density at radius 2 is 0.714 bits per heavy atom. The van der Waals surface area contributed by atoms with Crippen molar-refractivity contribution in [3.05, 3.63) is 151 Å². The first-order chi connectivity index (χ1) is 26.0. The summed E-state index contributed by atoms with van der Waals surface area (Å²) in [7, 11) is 1.76. The van der Waals surface area contributed by atoms with Gasteiger partial charge in [-0.05, 0) is 94.0 Å². The van der Waals surface area contributed by atoms with Crippen molar-refractivity contribution in [2.45, 2.75) is 137 Å². The number of hydrogen-bond acceptors (Lipinski definition) is 4. The number of phenolic OH excluding ortho intramolecular Hbond substituents is 2. The van der Waals surface area contributed by atoms with Gasteiger partial charge in [0.2, 0.25) is 0 Å². The highest BCUT2D eigenvalue weighted by Gasteiger charge is 2.28. The van der Waals surface area contributed by atoms with Gasteiger partial charge in [0.15, 0.2) is 0 Å². The Hall–Kier alpha value is -4.70. The van der Waals surface area contributed by atoms with Crippen LogP contribution in [0.2, 0.25) is 0 Å².